The third kappa shape index (κ3) is 2.14. The maximum atomic E-state index is 11.2. The summed E-state index contributed by atoms with van der Waals surface area (Å²) < 4.78 is 0. The van der Waals surface area contributed by atoms with E-state index in [2.05, 4.69) is 0 Å². The molecular formula is C14H10O6. The molecular weight excluding hydrogens is 264 g/mol. The molecule has 6 nitrogen and oxygen atoms in total. The second-order valence-electron chi connectivity index (χ2n) is 4.01. The summed E-state index contributed by atoms with van der Waals surface area (Å²) in [5, 5.41) is 37.3. The van der Waals surface area contributed by atoms with Gasteiger partial charge in [-0.3, -0.25) is 0 Å². The molecule has 2 aromatic carbocycles. The van der Waals surface area contributed by atoms with Gasteiger partial charge >= 0.3 is 11.9 Å². The van der Waals surface area contributed by atoms with E-state index in [1.807, 2.05) is 0 Å². The molecule has 0 saturated carbocycles. The van der Waals surface area contributed by atoms with E-state index in [0.29, 0.717) is 0 Å². The van der Waals surface area contributed by atoms with Crippen LogP contribution in [0.15, 0.2) is 36.4 Å². The fraction of sp³-hybridized carbons (Fsp3) is 0. The lowest BCUT2D eigenvalue weighted by Gasteiger charge is -2.11. The summed E-state index contributed by atoms with van der Waals surface area (Å²) in [6.45, 7) is 0. The molecule has 0 spiro atoms. The van der Waals surface area contributed by atoms with Gasteiger partial charge in [0, 0.05) is 5.56 Å². The smallest absolute Gasteiger partial charge is 0.340 e. The molecule has 0 aliphatic heterocycles. The first-order valence-corrected chi connectivity index (χ1v) is 5.54. The number of carboxylic acids is 2. The number of hydrogen-bond acceptors (Lipinski definition) is 4. The minimum Gasteiger partial charge on any atom is -0.504 e. The van der Waals surface area contributed by atoms with Crippen LogP contribution < -0.4 is 0 Å². The summed E-state index contributed by atoms with van der Waals surface area (Å²) in [5.74, 6) is -4.06. The fourth-order valence-corrected chi connectivity index (χ4v) is 1.93. The molecule has 6 heteroatoms. The van der Waals surface area contributed by atoms with E-state index in [9.17, 15) is 19.8 Å². The first kappa shape index (κ1) is 13.4. The number of benzene rings is 2. The Bertz CT molecular complexity index is 705. The molecule has 4 N–H and O–H groups in total. The molecule has 0 heterocycles. The summed E-state index contributed by atoms with van der Waals surface area (Å²) >= 11 is 0. The molecule has 0 bridgehead atoms. The van der Waals surface area contributed by atoms with Crippen LogP contribution in [-0.2, 0) is 0 Å². The third-order valence-corrected chi connectivity index (χ3v) is 2.82. The Morgan fingerprint density at radius 3 is 2.05 bits per heavy atom. The molecule has 20 heavy (non-hydrogen) atoms. The number of carboxylic acid groups (broad SMARTS) is 2. The Morgan fingerprint density at radius 2 is 1.45 bits per heavy atom. The molecule has 0 fully saturated rings. The van der Waals surface area contributed by atoms with Gasteiger partial charge in [0.15, 0.2) is 11.5 Å². The summed E-state index contributed by atoms with van der Waals surface area (Å²) in [6, 6.07) is 8.18. The maximum absolute atomic E-state index is 11.2. The lowest BCUT2D eigenvalue weighted by Crippen LogP contribution is -2.04. The summed E-state index contributed by atoms with van der Waals surface area (Å²) in [6.07, 6.45) is 0. The van der Waals surface area contributed by atoms with Crippen molar-refractivity contribution in [2.24, 2.45) is 0 Å². The largest absolute Gasteiger partial charge is 0.504 e. The van der Waals surface area contributed by atoms with Crippen molar-refractivity contribution in [3.05, 3.63) is 47.5 Å². The van der Waals surface area contributed by atoms with Crippen molar-refractivity contribution >= 4 is 11.9 Å². The molecule has 0 unspecified atom stereocenters. The van der Waals surface area contributed by atoms with Crippen LogP contribution in [0.4, 0.5) is 0 Å². The van der Waals surface area contributed by atoms with Gasteiger partial charge in [-0.1, -0.05) is 18.2 Å². The SMILES string of the molecule is O=C(O)c1ccccc1-c1ccc(O)c(O)c1C(=O)O. The van der Waals surface area contributed by atoms with Crippen molar-refractivity contribution < 1.29 is 30.0 Å². The van der Waals surface area contributed by atoms with Crippen LogP contribution >= 0.6 is 0 Å². The Balaban J connectivity index is 2.81. The van der Waals surface area contributed by atoms with Gasteiger partial charge in [-0.15, -0.1) is 0 Å². The van der Waals surface area contributed by atoms with Crippen molar-refractivity contribution in [3.8, 4) is 22.6 Å². The highest BCUT2D eigenvalue weighted by Crippen LogP contribution is 2.37. The molecule has 0 amide bonds. The highest BCUT2D eigenvalue weighted by molar-refractivity contribution is 6.04. The third-order valence-electron chi connectivity index (χ3n) is 2.82. The second kappa shape index (κ2) is 4.93. The van der Waals surface area contributed by atoms with Crippen molar-refractivity contribution in [1.29, 1.82) is 0 Å². The van der Waals surface area contributed by atoms with E-state index in [-0.39, 0.29) is 16.7 Å². The molecule has 0 atom stereocenters. The van der Waals surface area contributed by atoms with E-state index >= 15 is 0 Å². The fourth-order valence-electron chi connectivity index (χ4n) is 1.93. The van der Waals surface area contributed by atoms with Crippen molar-refractivity contribution in [2.75, 3.05) is 0 Å². The Hall–Kier alpha value is -3.02. The van der Waals surface area contributed by atoms with Crippen LogP contribution in [0.2, 0.25) is 0 Å². The molecule has 0 aliphatic rings. The van der Waals surface area contributed by atoms with Crippen molar-refractivity contribution in [2.45, 2.75) is 0 Å². The topological polar surface area (TPSA) is 115 Å². The zero-order valence-corrected chi connectivity index (χ0v) is 10.1. The first-order valence-electron chi connectivity index (χ1n) is 5.54. The summed E-state index contributed by atoms with van der Waals surface area (Å²) in [5.41, 5.74) is -0.475. The Labute approximate surface area is 113 Å². The van der Waals surface area contributed by atoms with Gasteiger partial charge < -0.3 is 20.4 Å². The van der Waals surface area contributed by atoms with Gasteiger partial charge in [-0.2, -0.15) is 0 Å². The standard InChI is InChI=1S/C14H10O6/c15-10-6-5-8(11(12(10)16)14(19)20)7-3-1-2-4-9(7)13(17)18/h1-6,15-16H,(H,17,18)(H,19,20). The normalized spacial score (nSPS) is 10.2. The predicted octanol–water partition coefficient (Wildman–Crippen LogP) is 2.16. The molecule has 2 aromatic rings. The first-order chi connectivity index (χ1) is 9.43. The summed E-state index contributed by atoms with van der Waals surface area (Å²) in [7, 11) is 0. The molecule has 0 aliphatic carbocycles. The van der Waals surface area contributed by atoms with Gasteiger partial charge in [0.2, 0.25) is 0 Å². The maximum Gasteiger partial charge on any atom is 0.340 e. The van der Waals surface area contributed by atoms with Crippen molar-refractivity contribution in [3.63, 3.8) is 0 Å². The van der Waals surface area contributed by atoms with Crippen LogP contribution in [0.3, 0.4) is 0 Å². The van der Waals surface area contributed by atoms with Gasteiger partial charge in [-0.05, 0) is 23.8 Å². The zero-order chi connectivity index (χ0) is 14.9. The van der Waals surface area contributed by atoms with Crippen LogP contribution in [0.5, 0.6) is 11.5 Å². The minimum absolute atomic E-state index is 0.0193. The molecule has 0 saturated heterocycles. The lowest BCUT2D eigenvalue weighted by molar-refractivity contribution is 0.0682. The van der Waals surface area contributed by atoms with E-state index in [1.54, 1.807) is 6.07 Å². The highest BCUT2D eigenvalue weighted by Gasteiger charge is 2.22. The van der Waals surface area contributed by atoms with Gasteiger partial charge in [0.05, 0.1) is 5.56 Å². The lowest BCUT2D eigenvalue weighted by atomic mass is 9.94. The molecule has 102 valence electrons. The van der Waals surface area contributed by atoms with E-state index < -0.39 is 29.0 Å². The van der Waals surface area contributed by atoms with Crippen molar-refractivity contribution in [1.82, 2.24) is 0 Å². The summed E-state index contributed by atoms with van der Waals surface area (Å²) in [4.78, 5) is 22.4. The number of carbonyl (C=O) groups is 2. The molecule has 0 aromatic heterocycles. The number of hydrogen-bond donors (Lipinski definition) is 4. The average molecular weight is 274 g/mol. The Morgan fingerprint density at radius 1 is 0.800 bits per heavy atom. The number of rotatable bonds is 3. The van der Waals surface area contributed by atoms with Crippen LogP contribution in [-0.4, -0.2) is 32.4 Å². The van der Waals surface area contributed by atoms with Gasteiger partial charge in [0.25, 0.3) is 0 Å². The van der Waals surface area contributed by atoms with Crippen LogP contribution in [0.1, 0.15) is 20.7 Å². The van der Waals surface area contributed by atoms with E-state index in [1.165, 1.54) is 24.3 Å². The zero-order valence-electron chi connectivity index (χ0n) is 10.1. The average Bonchev–Trinajstić information content (AvgIpc) is 2.41. The molecule has 2 rings (SSSR count). The van der Waals surface area contributed by atoms with E-state index in [4.69, 9.17) is 10.2 Å². The predicted molar refractivity (Wildman–Crippen MR) is 69.1 cm³/mol. The molecule has 0 radical (unpaired) electrons. The number of phenols is 2. The van der Waals surface area contributed by atoms with Gasteiger partial charge in [0.1, 0.15) is 5.56 Å². The number of aromatic carboxylic acids is 2. The van der Waals surface area contributed by atoms with E-state index in [0.717, 1.165) is 6.07 Å². The monoisotopic (exact) mass is 274 g/mol. The quantitative estimate of drug-likeness (QED) is 0.637. The minimum atomic E-state index is -1.46. The van der Waals surface area contributed by atoms with Crippen LogP contribution in [0, 0.1) is 0 Å². The van der Waals surface area contributed by atoms with Crippen LogP contribution in [0.25, 0.3) is 11.1 Å². The van der Waals surface area contributed by atoms with Gasteiger partial charge in [-0.25, -0.2) is 9.59 Å². The second-order valence-corrected chi connectivity index (χ2v) is 4.01. The number of phenolic OH excluding ortho intramolecular Hbond substituents is 1. The number of aromatic hydroxyl groups is 2. The highest BCUT2D eigenvalue weighted by atomic mass is 16.4. The Kier molecular flexibility index (Phi) is 3.30.